The average Bonchev–Trinajstić information content (AvgIpc) is 2.68. The minimum absolute atomic E-state index is 0.159. The minimum Gasteiger partial charge on any atom is -0.356 e. The summed E-state index contributed by atoms with van der Waals surface area (Å²) in [7, 11) is 1.79. The Bertz CT molecular complexity index is 574. The number of guanidine groups is 1. The lowest BCUT2D eigenvalue weighted by Crippen LogP contribution is -2.37. The van der Waals surface area contributed by atoms with Crippen LogP contribution in [0.2, 0.25) is 0 Å². The number of rotatable bonds is 7. The highest BCUT2D eigenvalue weighted by Gasteiger charge is 2.17. The number of aliphatic imine (C=N–C) groups is 1. The molecule has 26 heavy (non-hydrogen) atoms. The van der Waals surface area contributed by atoms with E-state index in [-0.39, 0.29) is 5.91 Å². The summed E-state index contributed by atoms with van der Waals surface area (Å²) in [6.07, 6.45) is 5.84. The Balaban J connectivity index is 1.78. The summed E-state index contributed by atoms with van der Waals surface area (Å²) >= 11 is 0. The lowest BCUT2D eigenvalue weighted by atomic mass is 10.1. The number of carbonyl (C=O) groups is 1. The Labute approximate surface area is 158 Å². The van der Waals surface area contributed by atoms with Gasteiger partial charge in [0.15, 0.2) is 5.96 Å². The molecule has 1 aromatic rings. The predicted molar refractivity (Wildman–Crippen MR) is 108 cm³/mol. The molecular formula is C21H34N4O. The molecule has 2 rings (SSSR count). The van der Waals surface area contributed by atoms with Crippen LogP contribution in [0.15, 0.2) is 29.3 Å². The van der Waals surface area contributed by atoms with E-state index in [1.165, 1.54) is 12.8 Å². The van der Waals surface area contributed by atoms with E-state index in [1.54, 1.807) is 7.05 Å². The van der Waals surface area contributed by atoms with Crippen molar-refractivity contribution < 1.29 is 4.79 Å². The molecular weight excluding hydrogens is 324 g/mol. The van der Waals surface area contributed by atoms with Crippen LogP contribution in [-0.4, -0.2) is 43.4 Å². The average molecular weight is 359 g/mol. The molecule has 1 heterocycles. The fourth-order valence-electron chi connectivity index (χ4n) is 3.17. The third-order valence-electron chi connectivity index (χ3n) is 4.78. The molecule has 0 spiro atoms. The number of amides is 1. The Kier molecular flexibility index (Phi) is 8.45. The van der Waals surface area contributed by atoms with Gasteiger partial charge in [0, 0.05) is 38.8 Å². The van der Waals surface area contributed by atoms with Crippen LogP contribution in [0.4, 0.5) is 0 Å². The summed E-state index contributed by atoms with van der Waals surface area (Å²) in [5.41, 5.74) is 1.93. The molecule has 1 aromatic carbocycles. The second-order valence-electron chi connectivity index (χ2n) is 7.44. The molecule has 0 radical (unpaired) electrons. The molecule has 0 saturated carbocycles. The molecule has 0 atom stereocenters. The SMILES string of the molecule is CN=C(NCCCC(C)C)NCc1ccc(C(=O)N2CCCCC2)cc1. The lowest BCUT2D eigenvalue weighted by Gasteiger charge is -2.26. The maximum Gasteiger partial charge on any atom is 0.253 e. The second kappa shape index (κ2) is 10.8. The maximum atomic E-state index is 12.5. The number of carbonyl (C=O) groups excluding carboxylic acids is 1. The standard InChI is InChI=1S/C21H34N4O/c1-17(2)8-7-13-23-21(22-3)24-16-18-9-11-19(12-10-18)20(26)25-14-5-4-6-15-25/h9-12,17H,4-8,13-16H2,1-3H3,(H2,22,23,24). The van der Waals surface area contributed by atoms with Gasteiger partial charge in [-0.15, -0.1) is 0 Å². The summed E-state index contributed by atoms with van der Waals surface area (Å²) in [5.74, 6) is 1.71. The van der Waals surface area contributed by atoms with Crippen LogP contribution < -0.4 is 10.6 Å². The summed E-state index contributed by atoms with van der Waals surface area (Å²) < 4.78 is 0. The number of likely N-dealkylation sites (tertiary alicyclic amines) is 1. The van der Waals surface area contributed by atoms with Gasteiger partial charge < -0.3 is 15.5 Å². The topological polar surface area (TPSA) is 56.7 Å². The van der Waals surface area contributed by atoms with Crippen LogP contribution in [0.1, 0.15) is 61.9 Å². The smallest absolute Gasteiger partial charge is 0.253 e. The van der Waals surface area contributed by atoms with Crippen molar-refractivity contribution in [2.24, 2.45) is 10.9 Å². The first-order valence-electron chi connectivity index (χ1n) is 9.93. The quantitative estimate of drug-likeness (QED) is 0.446. The van der Waals surface area contributed by atoms with Gasteiger partial charge in [-0.3, -0.25) is 9.79 Å². The Hall–Kier alpha value is -2.04. The molecule has 1 aliphatic heterocycles. The van der Waals surface area contributed by atoms with Crippen LogP contribution >= 0.6 is 0 Å². The molecule has 0 bridgehead atoms. The zero-order valence-corrected chi connectivity index (χ0v) is 16.6. The number of hydrogen-bond acceptors (Lipinski definition) is 2. The largest absolute Gasteiger partial charge is 0.356 e. The van der Waals surface area contributed by atoms with Gasteiger partial charge in [0.2, 0.25) is 0 Å². The van der Waals surface area contributed by atoms with E-state index < -0.39 is 0 Å². The van der Waals surface area contributed by atoms with Crippen molar-refractivity contribution in [1.29, 1.82) is 0 Å². The van der Waals surface area contributed by atoms with E-state index in [0.717, 1.165) is 61.9 Å². The highest BCUT2D eigenvalue weighted by Crippen LogP contribution is 2.14. The first-order valence-corrected chi connectivity index (χ1v) is 9.93. The molecule has 0 aromatic heterocycles. The van der Waals surface area contributed by atoms with Crippen LogP contribution in [-0.2, 0) is 6.54 Å². The van der Waals surface area contributed by atoms with Gasteiger partial charge in [0.05, 0.1) is 0 Å². The van der Waals surface area contributed by atoms with Crippen LogP contribution in [0.25, 0.3) is 0 Å². The number of hydrogen-bond donors (Lipinski definition) is 2. The Morgan fingerprint density at radius 1 is 1.12 bits per heavy atom. The van der Waals surface area contributed by atoms with Gasteiger partial charge in [0.25, 0.3) is 5.91 Å². The number of nitrogens with zero attached hydrogens (tertiary/aromatic N) is 2. The first kappa shape index (κ1) is 20.3. The Morgan fingerprint density at radius 2 is 1.81 bits per heavy atom. The Morgan fingerprint density at radius 3 is 2.42 bits per heavy atom. The molecule has 0 unspecified atom stereocenters. The van der Waals surface area contributed by atoms with Crippen molar-refractivity contribution in [2.75, 3.05) is 26.7 Å². The lowest BCUT2D eigenvalue weighted by molar-refractivity contribution is 0.0724. The van der Waals surface area contributed by atoms with E-state index in [2.05, 4.69) is 29.5 Å². The van der Waals surface area contributed by atoms with Crippen molar-refractivity contribution in [1.82, 2.24) is 15.5 Å². The molecule has 144 valence electrons. The molecule has 1 fully saturated rings. The van der Waals surface area contributed by atoms with Crippen molar-refractivity contribution in [3.8, 4) is 0 Å². The third-order valence-corrected chi connectivity index (χ3v) is 4.78. The van der Waals surface area contributed by atoms with Gasteiger partial charge in [-0.1, -0.05) is 26.0 Å². The van der Waals surface area contributed by atoms with Crippen molar-refractivity contribution in [3.05, 3.63) is 35.4 Å². The monoisotopic (exact) mass is 358 g/mol. The van der Waals surface area contributed by atoms with Gasteiger partial charge in [-0.25, -0.2) is 0 Å². The van der Waals surface area contributed by atoms with Crippen LogP contribution in [0.5, 0.6) is 0 Å². The zero-order valence-electron chi connectivity index (χ0n) is 16.6. The zero-order chi connectivity index (χ0) is 18.8. The predicted octanol–water partition coefficient (Wildman–Crippen LogP) is 3.41. The molecule has 1 saturated heterocycles. The summed E-state index contributed by atoms with van der Waals surface area (Å²) in [6, 6.07) is 7.92. The summed E-state index contributed by atoms with van der Waals surface area (Å²) in [6.45, 7) is 7.89. The van der Waals surface area contributed by atoms with Crippen molar-refractivity contribution in [3.63, 3.8) is 0 Å². The second-order valence-corrected chi connectivity index (χ2v) is 7.44. The van der Waals surface area contributed by atoms with Gasteiger partial charge in [-0.05, 0) is 55.7 Å². The number of benzene rings is 1. The molecule has 5 heteroatoms. The molecule has 1 aliphatic rings. The van der Waals surface area contributed by atoms with E-state index in [0.29, 0.717) is 6.54 Å². The van der Waals surface area contributed by atoms with Gasteiger partial charge >= 0.3 is 0 Å². The molecule has 5 nitrogen and oxygen atoms in total. The van der Waals surface area contributed by atoms with E-state index in [1.807, 2.05) is 29.2 Å². The maximum absolute atomic E-state index is 12.5. The molecule has 0 aliphatic carbocycles. The van der Waals surface area contributed by atoms with Gasteiger partial charge in [0.1, 0.15) is 0 Å². The van der Waals surface area contributed by atoms with Crippen LogP contribution in [0.3, 0.4) is 0 Å². The van der Waals surface area contributed by atoms with Crippen molar-refractivity contribution in [2.45, 2.75) is 52.5 Å². The van der Waals surface area contributed by atoms with Gasteiger partial charge in [-0.2, -0.15) is 0 Å². The third kappa shape index (κ3) is 6.70. The number of nitrogens with one attached hydrogen (secondary N) is 2. The highest BCUT2D eigenvalue weighted by molar-refractivity contribution is 5.94. The van der Waals surface area contributed by atoms with Crippen molar-refractivity contribution >= 4 is 11.9 Å². The van der Waals surface area contributed by atoms with E-state index >= 15 is 0 Å². The summed E-state index contributed by atoms with van der Waals surface area (Å²) in [4.78, 5) is 18.7. The first-order chi connectivity index (χ1) is 12.6. The van der Waals surface area contributed by atoms with E-state index in [9.17, 15) is 4.79 Å². The number of piperidine rings is 1. The minimum atomic E-state index is 0.159. The van der Waals surface area contributed by atoms with E-state index in [4.69, 9.17) is 0 Å². The highest BCUT2D eigenvalue weighted by atomic mass is 16.2. The summed E-state index contributed by atoms with van der Waals surface area (Å²) in [5, 5.41) is 6.68. The fraction of sp³-hybridized carbons (Fsp3) is 0.619. The molecule has 1 amide bonds. The molecule has 2 N–H and O–H groups in total. The fourth-order valence-corrected chi connectivity index (χ4v) is 3.17. The van der Waals surface area contributed by atoms with Crippen LogP contribution in [0, 0.1) is 5.92 Å². The normalized spacial score (nSPS) is 15.2.